The molecule has 2 atom stereocenters. The third-order valence-corrected chi connectivity index (χ3v) is 8.48. The van der Waals surface area contributed by atoms with E-state index in [0.717, 1.165) is 22.9 Å². The Kier molecular flexibility index (Phi) is 7.27. The Hall–Kier alpha value is -1.63. The van der Waals surface area contributed by atoms with Crippen molar-refractivity contribution in [3.8, 4) is 0 Å². The Morgan fingerprint density at radius 3 is 2.53 bits per heavy atom. The quantitative estimate of drug-likeness (QED) is 0.446. The first-order valence-corrected chi connectivity index (χ1v) is 12.1. The minimum atomic E-state index is -3.92. The van der Waals surface area contributed by atoms with Gasteiger partial charge in [0, 0.05) is 10.7 Å². The Labute approximate surface area is 187 Å². The second kappa shape index (κ2) is 8.85. The molecule has 0 aromatic heterocycles. The number of thioether (sulfide) groups is 1. The minimum absolute atomic E-state index is 0.0596. The topological polar surface area (TPSA) is 131 Å². The fourth-order valence-corrected chi connectivity index (χ4v) is 6.06. The maximum atomic E-state index is 13.8. The summed E-state index contributed by atoms with van der Waals surface area (Å²) in [5.74, 6) is -0.983. The van der Waals surface area contributed by atoms with E-state index in [4.69, 9.17) is 9.89 Å². The van der Waals surface area contributed by atoms with E-state index in [2.05, 4.69) is 15.9 Å². The van der Waals surface area contributed by atoms with Gasteiger partial charge in [-0.1, -0.05) is 41.5 Å². The van der Waals surface area contributed by atoms with Crippen molar-refractivity contribution >= 4 is 49.6 Å². The molecule has 0 saturated heterocycles. The molecule has 0 spiro atoms. The average molecular weight is 524 g/mol. The molecule has 0 fully saturated rings. The van der Waals surface area contributed by atoms with E-state index in [1.807, 2.05) is 13.8 Å². The molecule has 166 valence electrons. The van der Waals surface area contributed by atoms with Crippen LogP contribution in [0.5, 0.6) is 0 Å². The third-order valence-electron chi connectivity index (χ3n) is 4.28. The van der Waals surface area contributed by atoms with Crippen molar-refractivity contribution in [2.75, 3.05) is 0 Å². The van der Waals surface area contributed by atoms with E-state index in [-0.39, 0.29) is 16.6 Å². The lowest BCUT2D eigenvalue weighted by molar-refractivity contribution is -0.131. The van der Waals surface area contributed by atoms with Gasteiger partial charge in [-0.2, -0.15) is 0 Å². The first kappa shape index (κ1) is 24.6. The van der Waals surface area contributed by atoms with Gasteiger partial charge in [-0.15, -0.1) is 0 Å². The van der Waals surface area contributed by atoms with Crippen LogP contribution in [-0.4, -0.2) is 42.3 Å². The van der Waals surface area contributed by atoms with Crippen LogP contribution in [0.1, 0.15) is 44.7 Å². The molecule has 2 unspecified atom stereocenters. The van der Waals surface area contributed by atoms with Crippen molar-refractivity contribution in [1.29, 1.82) is 4.78 Å². The van der Waals surface area contributed by atoms with Crippen LogP contribution in [0.3, 0.4) is 0 Å². The number of carbonyl (C=O) groups is 2. The van der Waals surface area contributed by atoms with Gasteiger partial charge >= 0.3 is 6.09 Å². The molecular formula is C18H23BrFN3O5S2. The zero-order chi connectivity index (χ0) is 23.0. The highest BCUT2D eigenvalue weighted by Crippen LogP contribution is 2.42. The van der Waals surface area contributed by atoms with E-state index >= 15 is 0 Å². The van der Waals surface area contributed by atoms with Crippen LogP contribution in [0.15, 0.2) is 27.0 Å². The summed E-state index contributed by atoms with van der Waals surface area (Å²) in [6, 6.07) is 2.62. The second-order valence-corrected chi connectivity index (χ2v) is 11.6. The molecule has 12 heteroatoms. The van der Waals surface area contributed by atoms with Crippen LogP contribution in [-0.2, 0) is 21.1 Å². The number of hydrogen-bond acceptors (Lipinski definition) is 6. The molecule has 2 rings (SSSR count). The van der Waals surface area contributed by atoms with E-state index in [1.54, 1.807) is 4.72 Å². The predicted molar refractivity (Wildman–Crippen MR) is 117 cm³/mol. The fraction of sp³-hybridized carbons (Fsp3) is 0.444. The smallest absolute Gasteiger partial charge is 0.417 e. The Morgan fingerprint density at radius 2 is 2.03 bits per heavy atom. The highest BCUT2D eigenvalue weighted by Gasteiger charge is 2.42. The summed E-state index contributed by atoms with van der Waals surface area (Å²) in [5.41, 5.74) is -0.228. The number of halogens is 2. The van der Waals surface area contributed by atoms with Gasteiger partial charge in [-0.25, -0.2) is 22.9 Å². The monoisotopic (exact) mass is 523 g/mol. The number of amides is 2. The van der Waals surface area contributed by atoms with Crippen molar-refractivity contribution in [2.24, 2.45) is 0 Å². The number of carboxylic acid groups (broad SMARTS) is 1. The van der Waals surface area contributed by atoms with Gasteiger partial charge in [-0.05, 0) is 43.0 Å². The largest absolute Gasteiger partial charge is 0.464 e. The molecule has 0 bridgehead atoms. The van der Waals surface area contributed by atoms with Gasteiger partial charge < -0.3 is 15.1 Å². The molecule has 8 nitrogen and oxygen atoms in total. The van der Waals surface area contributed by atoms with Crippen LogP contribution >= 0.6 is 27.7 Å². The highest BCUT2D eigenvalue weighted by atomic mass is 79.9. The molecule has 0 saturated carbocycles. The summed E-state index contributed by atoms with van der Waals surface area (Å²) < 4.78 is 36.0. The van der Waals surface area contributed by atoms with E-state index in [1.165, 1.54) is 26.0 Å². The Bertz CT molecular complexity index is 1010. The van der Waals surface area contributed by atoms with Crippen LogP contribution in [0.2, 0.25) is 0 Å². The van der Waals surface area contributed by atoms with Crippen molar-refractivity contribution in [1.82, 2.24) is 9.62 Å². The number of hydrogen-bond donors (Lipinski definition) is 4. The third kappa shape index (κ3) is 5.54. The maximum absolute atomic E-state index is 13.8. The van der Waals surface area contributed by atoms with Gasteiger partial charge in [0.2, 0.25) is 5.91 Å². The lowest BCUT2D eigenvalue weighted by Gasteiger charge is -2.32. The van der Waals surface area contributed by atoms with Gasteiger partial charge in [0.15, 0.2) is 9.92 Å². The summed E-state index contributed by atoms with van der Waals surface area (Å²) in [6.07, 6.45) is -0.651. The van der Waals surface area contributed by atoms with Crippen molar-refractivity contribution in [2.45, 2.75) is 51.0 Å². The van der Waals surface area contributed by atoms with Crippen LogP contribution < -0.4 is 4.72 Å². The molecule has 1 heterocycles. The lowest BCUT2D eigenvalue weighted by Crippen LogP contribution is -2.46. The summed E-state index contributed by atoms with van der Waals surface area (Å²) in [6.45, 7) is 6.63. The normalized spacial score (nSPS) is 18.9. The van der Waals surface area contributed by atoms with E-state index in [0.29, 0.717) is 15.6 Å². The summed E-state index contributed by atoms with van der Waals surface area (Å²) in [7, 11) is -3.92. The zero-order valence-electron chi connectivity index (χ0n) is 16.7. The zero-order valence-corrected chi connectivity index (χ0v) is 20.0. The van der Waals surface area contributed by atoms with E-state index < -0.39 is 38.7 Å². The van der Waals surface area contributed by atoms with Gasteiger partial charge in [-0.3, -0.25) is 4.79 Å². The number of rotatable bonds is 6. The van der Waals surface area contributed by atoms with E-state index in [9.17, 15) is 23.3 Å². The molecule has 2 amide bonds. The molecule has 30 heavy (non-hydrogen) atoms. The Balaban J connectivity index is 2.44. The van der Waals surface area contributed by atoms with Crippen molar-refractivity contribution in [3.05, 3.63) is 44.0 Å². The van der Waals surface area contributed by atoms with Gasteiger partial charge in [0.25, 0.3) is 0 Å². The predicted octanol–water partition coefficient (Wildman–Crippen LogP) is 3.95. The standard InChI is InChI=1S/C18H23BrFN3O5S2/c1-9(2)11-5-10(20)6-13(19)12(11)7-14(24)23-8-15(29-16(23)18(3,4)27)30(21,28)22-17(25)26/h5-6,8-9,16,27H,7H2,1-4H3,(H,25,26)(H2,21,22,28). The SMILES string of the molecule is CC(C)c1cc(F)cc(Br)c1CC(=O)N1C=C(S(=N)(=O)NC(=O)O)SC1C(C)(C)O. The second-order valence-electron chi connectivity index (χ2n) is 7.62. The molecular weight excluding hydrogens is 501 g/mol. The number of nitrogens with one attached hydrogen (secondary N) is 2. The summed E-state index contributed by atoms with van der Waals surface area (Å²) in [5, 5.41) is 18.4. The van der Waals surface area contributed by atoms with Crippen molar-refractivity contribution < 1.29 is 28.4 Å². The highest BCUT2D eigenvalue weighted by molar-refractivity contribution is 9.10. The minimum Gasteiger partial charge on any atom is -0.464 e. The molecule has 0 aliphatic carbocycles. The van der Waals surface area contributed by atoms with Gasteiger partial charge in [0.05, 0.1) is 12.0 Å². The van der Waals surface area contributed by atoms with Crippen molar-refractivity contribution in [3.63, 3.8) is 0 Å². The van der Waals surface area contributed by atoms with Crippen LogP contribution in [0.4, 0.5) is 9.18 Å². The van der Waals surface area contributed by atoms with Crippen LogP contribution in [0.25, 0.3) is 0 Å². The molecule has 1 aromatic rings. The van der Waals surface area contributed by atoms with Crippen LogP contribution in [0, 0.1) is 10.6 Å². The number of carbonyl (C=O) groups excluding carboxylic acids is 1. The molecule has 1 aliphatic heterocycles. The lowest BCUT2D eigenvalue weighted by atomic mass is 9.94. The van der Waals surface area contributed by atoms with Gasteiger partial charge in [0.1, 0.15) is 15.4 Å². The maximum Gasteiger partial charge on any atom is 0.417 e. The first-order chi connectivity index (χ1) is 13.6. The molecule has 0 radical (unpaired) electrons. The number of aliphatic hydroxyl groups is 1. The number of benzene rings is 1. The number of nitrogens with zero attached hydrogens (tertiary/aromatic N) is 1. The summed E-state index contributed by atoms with van der Waals surface area (Å²) >= 11 is 4.08. The molecule has 4 N–H and O–H groups in total. The molecule has 1 aromatic carbocycles. The average Bonchev–Trinajstić information content (AvgIpc) is 3.02. The molecule has 1 aliphatic rings. The Morgan fingerprint density at radius 1 is 1.43 bits per heavy atom. The summed E-state index contributed by atoms with van der Waals surface area (Å²) in [4.78, 5) is 25.1. The first-order valence-electron chi connectivity index (χ1n) is 8.82. The fourth-order valence-electron chi connectivity index (χ4n) is 2.95.